The van der Waals surface area contributed by atoms with E-state index in [1.807, 2.05) is 20.8 Å². The van der Waals surface area contributed by atoms with E-state index in [0.29, 0.717) is 11.3 Å². The first kappa shape index (κ1) is 15.7. The summed E-state index contributed by atoms with van der Waals surface area (Å²) in [4.78, 5) is 10.5. The second-order valence-electron chi connectivity index (χ2n) is 7.00. The molecule has 0 radical (unpaired) electrons. The van der Waals surface area contributed by atoms with Crippen molar-refractivity contribution in [1.29, 1.82) is 0 Å². The van der Waals surface area contributed by atoms with Crippen LogP contribution in [0, 0.1) is 10.1 Å². The molecule has 0 saturated carbocycles. The number of ether oxygens (including phenoxy) is 1. The predicted octanol–water partition coefficient (Wildman–Crippen LogP) is 2.56. The lowest BCUT2D eigenvalue weighted by Crippen LogP contribution is -2.55. The van der Waals surface area contributed by atoms with Gasteiger partial charge in [-0.1, -0.05) is 0 Å². The van der Waals surface area contributed by atoms with Crippen LogP contribution in [0.4, 0.5) is 5.69 Å². The summed E-state index contributed by atoms with van der Waals surface area (Å²) < 4.78 is 5.80. The standard InChI is InChI=1S/C15H22N2O4/c1-14(2,3)16-12-10-8-9(17(19)20)6-7-11(10)21-15(4,5)13(12)18/h6-8,12-13,16,18H,1-5H3/t12-,13+/m0/s1. The van der Waals surface area contributed by atoms with Gasteiger partial charge >= 0.3 is 0 Å². The Morgan fingerprint density at radius 1 is 1.38 bits per heavy atom. The van der Waals surface area contributed by atoms with Crippen molar-refractivity contribution in [1.82, 2.24) is 5.32 Å². The highest BCUT2D eigenvalue weighted by molar-refractivity contribution is 5.48. The van der Waals surface area contributed by atoms with Gasteiger partial charge in [0.1, 0.15) is 17.5 Å². The van der Waals surface area contributed by atoms with Gasteiger partial charge in [-0.25, -0.2) is 0 Å². The van der Waals surface area contributed by atoms with Crippen molar-refractivity contribution in [3.05, 3.63) is 33.9 Å². The predicted molar refractivity (Wildman–Crippen MR) is 79.4 cm³/mol. The van der Waals surface area contributed by atoms with Gasteiger partial charge in [0.25, 0.3) is 5.69 Å². The summed E-state index contributed by atoms with van der Waals surface area (Å²) in [6.45, 7) is 9.57. The molecule has 0 aromatic heterocycles. The van der Waals surface area contributed by atoms with Gasteiger partial charge in [0.2, 0.25) is 0 Å². The highest BCUT2D eigenvalue weighted by Crippen LogP contribution is 2.42. The van der Waals surface area contributed by atoms with Crippen LogP contribution in [0.1, 0.15) is 46.2 Å². The number of nitrogens with one attached hydrogen (secondary N) is 1. The number of benzene rings is 1. The van der Waals surface area contributed by atoms with Crippen LogP contribution < -0.4 is 10.1 Å². The van der Waals surface area contributed by atoms with Crippen LogP contribution in [0.25, 0.3) is 0 Å². The maximum absolute atomic E-state index is 11.0. The number of aliphatic hydroxyl groups excluding tert-OH is 1. The van der Waals surface area contributed by atoms with E-state index < -0.39 is 22.7 Å². The van der Waals surface area contributed by atoms with E-state index in [2.05, 4.69) is 5.32 Å². The number of aliphatic hydroxyl groups is 1. The van der Waals surface area contributed by atoms with E-state index in [9.17, 15) is 15.2 Å². The minimum Gasteiger partial charge on any atom is -0.485 e. The van der Waals surface area contributed by atoms with E-state index in [1.165, 1.54) is 12.1 Å². The summed E-state index contributed by atoms with van der Waals surface area (Å²) in [5.74, 6) is 0.567. The molecule has 0 amide bonds. The van der Waals surface area contributed by atoms with E-state index in [-0.39, 0.29) is 11.2 Å². The molecule has 0 aliphatic carbocycles. The first-order chi connectivity index (χ1) is 9.51. The number of fused-ring (bicyclic) bond motifs is 1. The highest BCUT2D eigenvalue weighted by Gasteiger charge is 2.44. The molecule has 2 rings (SSSR count). The van der Waals surface area contributed by atoms with Crippen LogP contribution in [0.2, 0.25) is 0 Å². The first-order valence-electron chi connectivity index (χ1n) is 6.94. The smallest absolute Gasteiger partial charge is 0.270 e. The Bertz CT molecular complexity index is 563. The van der Waals surface area contributed by atoms with Crippen LogP contribution in [-0.4, -0.2) is 27.3 Å². The fourth-order valence-corrected chi connectivity index (χ4v) is 2.52. The second kappa shape index (κ2) is 4.96. The van der Waals surface area contributed by atoms with E-state index in [0.717, 1.165) is 0 Å². The molecule has 2 atom stereocenters. The molecule has 2 N–H and O–H groups in total. The number of nitro groups is 1. The lowest BCUT2D eigenvalue weighted by Gasteiger charge is -2.44. The first-order valence-corrected chi connectivity index (χ1v) is 6.94. The van der Waals surface area contributed by atoms with Gasteiger partial charge in [0.05, 0.1) is 11.0 Å². The van der Waals surface area contributed by atoms with E-state index in [1.54, 1.807) is 19.9 Å². The molecule has 1 heterocycles. The molecule has 6 heteroatoms. The minimum atomic E-state index is -0.814. The Labute approximate surface area is 124 Å². The maximum atomic E-state index is 11.0. The topological polar surface area (TPSA) is 84.6 Å². The number of hydrogen-bond acceptors (Lipinski definition) is 5. The average Bonchev–Trinajstić information content (AvgIpc) is 2.32. The molecule has 1 aliphatic heterocycles. The van der Waals surface area contributed by atoms with Crippen LogP contribution in [0.3, 0.4) is 0 Å². The van der Waals surface area contributed by atoms with Gasteiger partial charge in [-0.15, -0.1) is 0 Å². The lowest BCUT2D eigenvalue weighted by atomic mass is 9.85. The monoisotopic (exact) mass is 294 g/mol. The number of rotatable bonds is 2. The molecule has 0 spiro atoms. The quantitative estimate of drug-likeness (QED) is 0.647. The summed E-state index contributed by atoms with van der Waals surface area (Å²) in [6.07, 6.45) is -0.814. The third-order valence-corrected chi connectivity index (χ3v) is 3.53. The Hall–Kier alpha value is -1.66. The van der Waals surface area contributed by atoms with Crippen LogP contribution >= 0.6 is 0 Å². The number of nitrogens with zero attached hydrogens (tertiary/aromatic N) is 1. The maximum Gasteiger partial charge on any atom is 0.270 e. The molecule has 1 aliphatic rings. The van der Waals surface area contributed by atoms with Gasteiger partial charge in [-0.05, 0) is 40.7 Å². The van der Waals surface area contributed by atoms with Gasteiger partial charge in [0, 0.05) is 23.2 Å². The van der Waals surface area contributed by atoms with Crippen molar-refractivity contribution in [2.75, 3.05) is 0 Å². The van der Waals surface area contributed by atoms with E-state index >= 15 is 0 Å². The molecule has 1 aromatic rings. The summed E-state index contributed by atoms with van der Waals surface area (Å²) in [7, 11) is 0. The summed E-state index contributed by atoms with van der Waals surface area (Å²) in [6, 6.07) is 4.06. The third-order valence-electron chi connectivity index (χ3n) is 3.53. The molecule has 0 bridgehead atoms. The Balaban J connectivity index is 2.52. The van der Waals surface area contributed by atoms with Gasteiger partial charge < -0.3 is 15.2 Å². The number of nitro benzene ring substituents is 1. The summed E-state index contributed by atoms with van der Waals surface area (Å²) >= 11 is 0. The Morgan fingerprint density at radius 2 is 2.00 bits per heavy atom. The van der Waals surface area contributed by atoms with Crippen LogP contribution in [-0.2, 0) is 0 Å². The normalized spacial score (nSPS) is 24.1. The van der Waals surface area contributed by atoms with E-state index in [4.69, 9.17) is 4.74 Å². The molecule has 0 unspecified atom stereocenters. The molecular formula is C15H22N2O4. The van der Waals surface area contributed by atoms with Crippen molar-refractivity contribution in [3.63, 3.8) is 0 Å². The Morgan fingerprint density at radius 3 is 2.52 bits per heavy atom. The number of hydrogen-bond donors (Lipinski definition) is 2. The van der Waals surface area contributed by atoms with Crippen molar-refractivity contribution in [3.8, 4) is 5.75 Å². The average molecular weight is 294 g/mol. The van der Waals surface area contributed by atoms with Crippen molar-refractivity contribution < 1.29 is 14.8 Å². The van der Waals surface area contributed by atoms with Crippen LogP contribution in [0.5, 0.6) is 5.75 Å². The van der Waals surface area contributed by atoms with Gasteiger partial charge in [0.15, 0.2) is 0 Å². The fourth-order valence-electron chi connectivity index (χ4n) is 2.52. The SMILES string of the molecule is CC(C)(C)N[C@H]1c2cc([N+](=O)[O-])ccc2OC(C)(C)[C@@H]1O. The minimum absolute atomic E-state index is 0.00929. The van der Waals surface area contributed by atoms with Crippen molar-refractivity contribution >= 4 is 5.69 Å². The molecule has 21 heavy (non-hydrogen) atoms. The zero-order chi connectivity index (χ0) is 16.0. The molecule has 6 nitrogen and oxygen atoms in total. The molecule has 116 valence electrons. The van der Waals surface area contributed by atoms with Crippen molar-refractivity contribution in [2.24, 2.45) is 0 Å². The summed E-state index contributed by atoms with van der Waals surface area (Å²) in [5.41, 5.74) is -0.413. The van der Waals surface area contributed by atoms with Gasteiger partial charge in [-0.3, -0.25) is 10.1 Å². The Kier molecular flexibility index (Phi) is 3.71. The van der Waals surface area contributed by atoms with Crippen LogP contribution in [0.15, 0.2) is 18.2 Å². The largest absolute Gasteiger partial charge is 0.485 e. The number of non-ortho nitro benzene ring substituents is 1. The third kappa shape index (κ3) is 3.16. The molecular weight excluding hydrogens is 272 g/mol. The van der Waals surface area contributed by atoms with Crippen molar-refractivity contribution in [2.45, 2.75) is 57.9 Å². The zero-order valence-corrected chi connectivity index (χ0v) is 13.0. The molecule has 1 aromatic carbocycles. The fraction of sp³-hybridized carbons (Fsp3) is 0.600. The highest BCUT2D eigenvalue weighted by atomic mass is 16.6. The lowest BCUT2D eigenvalue weighted by molar-refractivity contribution is -0.385. The summed E-state index contributed by atoms with van der Waals surface area (Å²) in [5, 5.41) is 24.9. The zero-order valence-electron chi connectivity index (χ0n) is 13.0. The second-order valence-corrected chi connectivity index (χ2v) is 7.00. The van der Waals surface area contributed by atoms with Gasteiger partial charge in [-0.2, -0.15) is 0 Å². The molecule has 0 fully saturated rings. The molecule has 0 saturated heterocycles.